The fraction of sp³-hybridized carbons (Fsp3) is 0. The molecule has 0 aliphatic carbocycles. The minimum absolute atomic E-state index is 0.926. The van der Waals surface area contributed by atoms with Crippen molar-refractivity contribution in [1.82, 2.24) is 38.1 Å². The van der Waals surface area contributed by atoms with Gasteiger partial charge in [-0.2, -0.15) is 0 Å². The molecule has 28 rings (SSSR count). The van der Waals surface area contributed by atoms with Gasteiger partial charge >= 0.3 is 0 Å². The first-order chi connectivity index (χ1) is 54.5. The Labute approximate surface area is 635 Å². The molecular formula is C99H52N8S3. The van der Waals surface area contributed by atoms with Crippen molar-refractivity contribution in [2.45, 2.75) is 0 Å². The molecule has 0 radical (unpaired) electrons. The molecule has 0 atom stereocenters. The van der Waals surface area contributed by atoms with Gasteiger partial charge < -0.3 is 0 Å². The third-order valence-electron chi connectivity index (χ3n) is 23.5. The van der Waals surface area contributed by atoms with Gasteiger partial charge in [0.05, 0.1) is 70.1 Å². The maximum absolute atomic E-state index is 5.23. The summed E-state index contributed by atoms with van der Waals surface area (Å²) >= 11 is 5.65. The van der Waals surface area contributed by atoms with Crippen molar-refractivity contribution in [3.63, 3.8) is 0 Å². The summed E-state index contributed by atoms with van der Waals surface area (Å²) in [5, 5.41) is 26.7. The van der Waals surface area contributed by atoms with Gasteiger partial charge in [0, 0.05) is 110 Å². The van der Waals surface area contributed by atoms with E-state index in [0.29, 0.717) is 0 Å². The van der Waals surface area contributed by atoms with Gasteiger partial charge in [0.15, 0.2) is 11.3 Å². The van der Waals surface area contributed by atoms with Gasteiger partial charge in [-0.1, -0.05) is 243 Å². The van der Waals surface area contributed by atoms with E-state index in [4.69, 9.17) is 24.9 Å². The maximum atomic E-state index is 5.23. The van der Waals surface area contributed by atoms with Crippen molar-refractivity contribution >= 4 is 264 Å². The summed E-state index contributed by atoms with van der Waals surface area (Å²) in [4.78, 5) is 25.7. The number of thiophene rings is 3. The largest absolute Gasteiger partial charge is 0.291 e. The summed E-state index contributed by atoms with van der Waals surface area (Å²) in [5.41, 5.74) is 22.1. The highest BCUT2D eigenvalue weighted by molar-refractivity contribution is 7.27. The molecule has 0 saturated heterocycles. The van der Waals surface area contributed by atoms with E-state index in [1.165, 1.54) is 191 Å². The van der Waals surface area contributed by atoms with Crippen LogP contribution in [-0.4, -0.2) is 38.1 Å². The van der Waals surface area contributed by atoms with Crippen LogP contribution in [0, 0.1) is 0 Å². The second-order valence-electron chi connectivity index (χ2n) is 29.2. The highest BCUT2D eigenvalue weighted by Crippen LogP contribution is 2.51. The lowest BCUT2D eigenvalue weighted by Crippen LogP contribution is -1.89. The van der Waals surface area contributed by atoms with Crippen LogP contribution in [0.1, 0.15) is 0 Å². The summed E-state index contributed by atoms with van der Waals surface area (Å²) in [6.45, 7) is 0. The molecule has 28 aromatic rings. The molecule has 8 nitrogen and oxygen atoms in total. The van der Waals surface area contributed by atoms with E-state index in [9.17, 15) is 0 Å². The molecule has 11 heteroatoms. The first kappa shape index (κ1) is 59.3. The van der Waals surface area contributed by atoms with Crippen molar-refractivity contribution in [3.8, 4) is 22.3 Å². The van der Waals surface area contributed by atoms with Gasteiger partial charge in [-0.15, -0.1) is 34.0 Å². The number of fused-ring (bicyclic) bond motifs is 36. The van der Waals surface area contributed by atoms with Gasteiger partial charge in [-0.3, -0.25) is 13.2 Å². The van der Waals surface area contributed by atoms with Gasteiger partial charge in [0.25, 0.3) is 0 Å². The first-order valence-corrected chi connectivity index (χ1v) is 39.6. The molecule has 16 aromatic carbocycles. The molecule has 0 aliphatic heterocycles. The van der Waals surface area contributed by atoms with E-state index in [0.717, 1.165) is 60.9 Å². The van der Waals surface area contributed by atoms with Crippen molar-refractivity contribution in [1.29, 1.82) is 0 Å². The van der Waals surface area contributed by atoms with Crippen LogP contribution in [0.3, 0.4) is 0 Å². The smallest absolute Gasteiger partial charge is 0.165 e. The van der Waals surface area contributed by atoms with Crippen LogP contribution in [0.2, 0.25) is 0 Å². The van der Waals surface area contributed by atoms with Crippen LogP contribution in [0.5, 0.6) is 0 Å². The molecule has 0 unspecified atom stereocenters. The zero-order valence-corrected chi connectivity index (χ0v) is 60.8. The summed E-state index contributed by atoms with van der Waals surface area (Å²) in [7, 11) is 0. The Morgan fingerprint density at radius 2 is 0.700 bits per heavy atom. The number of para-hydroxylation sites is 7. The van der Waals surface area contributed by atoms with E-state index in [-0.39, 0.29) is 0 Å². The second kappa shape index (κ2) is 21.9. The van der Waals surface area contributed by atoms with E-state index < -0.39 is 0 Å². The summed E-state index contributed by atoms with van der Waals surface area (Å²) in [6, 6.07) is 114. The van der Waals surface area contributed by atoms with Crippen molar-refractivity contribution in [2.24, 2.45) is 0 Å². The topological polar surface area (TPSA) is 77.7 Å². The number of hydrogen-bond acceptors (Lipinski definition) is 8. The molecule has 12 heterocycles. The third-order valence-corrected chi connectivity index (χ3v) is 27.0. The molecule has 0 bridgehead atoms. The Morgan fingerprint density at radius 3 is 1.43 bits per heavy atom. The molecule has 110 heavy (non-hydrogen) atoms. The standard InChI is InChI=1S/C37H20N2S.C32H17N3S.C30H15N3S/c1-3-10-24-21(7-1)9-5-11-25(24)22-15-16-26-30-18-17-29-27-12-6-13-28-31-19-23-8-2-4-14-32(23)38-37(31)39(34(27)28)35(29)36(30)40-33(26)20-22;1-2-7-18(8-3-1)19-13-14-20-23-16-15-22-21-9-6-10-24-28-32(34-26-12-5-4-11-25(26)33-28)35(29(21)24)30(22)31(23)36-27(20)17-19;1-2-8-17-16(7-1)15-19-25-22(13-14-24-26(25)18-9-3-6-12-23(18)34-24)33-29(19)27(17)28-30(33)32-21-11-5-4-10-20(21)31-28/h1-20H;1-17H;1-15H. The highest BCUT2D eigenvalue weighted by Gasteiger charge is 2.28. The Bertz CT molecular complexity index is 8880. The van der Waals surface area contributed by atoms with Gasteiger partial charge in [-0.25, -0.2) is 24.9 Å². The van der Waals surface area contributed by atoms with Gasteiger partial charge in [0.1, 0.15) is 16.7 Å². The van der Waals surface area contributed by atoms with Crippen LogP contribution in [-0.2, 0) is 0 Å². The van der Waals surface area contributed by atoms with Crippen LogP contribution >= 0.6 is 34.0 Å². The molecule has 0 saturated carbocycles. The maximum Gasteiger partial charge on any atom is 0.165 e. The predicted octanol–water partition coefficient (Wildman–Crippen LogP) is 27.7. The van der Waals surface area contributed by atoms with E-state index in [2.05, 4.69) is 298 Å². The minimum atomic E-state index is 0.926. The Balaban J connectivity index is 0.0000000924. The molecule has 0 aliphatic rings. The number of hydrogen-bond donors (Lipinski definition) is 0. The lowest BCUT2D eigenvalue weighted by atomic mass is 9.97. The van der Waals surface area contributed by atoms with Crippen LogP contribution in [0.25, 0.3) is 252 Å². The summed E-state index contributed by atoms with van der Waals surface area (Å²) < 4.78 is 15.1. The molecule has 12 aromatic heterocycles. The van der Waals surface area contributed by atoms with Crippen LogP contribution in [0.4, 0.5) is 0 Å². The number of pyridine rings is 1. The molecule has 0 fully saturated rings. The zero-order chi connectivity index (χ0) is 71.3. The third kappa shape index (κ3) is 8.03. The van der Waals surface area contributed by atoms with E-state index in [1.807, 2.05) is 64.3 Å². The average Bonchev–Trinajstić information content (AvgIpc) is 1.53. The van der Waals surface area contributed by atoms with Crippen molar-refractivity contribution in [3.05, 3.63) is 315 Å². The monoisotopic (exact) mass is 1450 g/mol. The van der Waals surface area contributed by atoms with E-state index >= 15 is 0 Å². The SMILES string of the molecule is c1ccc(-c2ccc3c(c2)sc2c3ccc3c4cccc5c6nc7ccccc7nc6n(c45)c32)cc1.c1ccc2c(c1)cc1c3c4c(ccc3n3c5nc6ccccc6nc5c2c13)sc1ccccc14.c1ccc2nc3c(cc2c1)c1cccc2c4ccc5c6ccc(-c7cccc8ccccc78)cc6sc5c4n3c12. The minimum Gasteiger partial charge on any atom is -0.291 e. The Morgan fingerprint density at radius 1 is 0.209 bits per heavy atom. The molecule has 506 valence electrons. The average molecular weight is 1450 g/mol. The van der Waals surface area contributed by atoms with Gasteiger partial charge in [0.2, 0.25) is 0 Å². The lowest BCUT2D eigenvalue weighted by Gasteiger charge is -2.07. The Kier molecular flexibility index (Phi) is 11.8. The van der Waals surface area contributed by atoms with Gasteiger partial charge in [-0.05, 0) is 117 Å². The second-order valence-corrected chi connectivity index (χ2v) is 32.4. The molecular weight excluding hydrogens is 1400 g/mol. The number of rotatable bonds is 2. The quantitative estimate of drug-likeness (QED) is 0.172. The van der Waals surface area contributed by atoms with Crippen molar-refractivity contribution < 1.29 is 0 Å². The normalized spacial score (nSPS) is 12.5. The first-order valence-electron chi connectivity index (χ1n) is 37.2. The summed E-state index contributed by atoms with van der Waals surface area (Å²) in [6.07, 6.45) is 0. The van der Waals surface area contributed by atoms with Crippen LogP contribution < -0.4 is 0 Å². The number of aromatic nitrogens is 8. The fourth-order valence-electron chi connectivity index (χ4n) is 18.8. The highest BCUT2D eigenvalue weighted by atomic mass is 32.1. The fourth-order valence-corrected chi connectivity index (χ4v) is 22.4. The zero-order valence-electron chi connectivity index (χ0n) is 58.3. The molecule has 0 amide bonds. The summed E-state index contributed by atoms with van der Waals surface area (Å²) in [5.74, 6) is 0. The van der Waals surface area contributed by atoms with Crippen molar-refractivity contribution in [2.75, 3.05) is 0 Å². The molecule has 0 spiro atoms. The molecule has 0 N–H and O–H groups in total. The Hall–Kier alpha value is -13.8. The number of nitrogens with zero attached hydrogens (tertiary/aromatic N) is 8. The van der Waals surface area contributed by atoms with E-state index in [1.54, 1.807) is 0 Å². The van der Waals surface area contributed by atoms with Crippen LogP contribution in [0.15, 0.2) is 315 Å². The number of benzene rings is 16. The predicted molar refractivity (Wildman–Crippen MR) is 469 cm³/mol. The lowest BCUT2D eigenvalue weighted by molar-refractivity contribution is 1.28.